The molecule has 1 unspecified atom stereocenters. The van der Waals surface area contributed by atoms with Crippen LogP contribution in [0, 0.1) is 0 Å². The summed E-state index contributed by atoms with van der Waals surface area (Å²) in [6, 6.07) is 14.6. The summed E-state index contributed by atoms with van der Waals surface area (Å²) >= 11 is 0. The first-order chi connectivity index (χ1) is 13.0. The highest BCUT2D eigenvalue weighted by Crippen LogP contribution is 2.28. The molecule has 2 fully saturated rings. The molecule has 6 heteroatoms. The lowest BCUT2D eigenvalue weighted by Gasteiger charge is -2.37. The highest BCUT2D eigenvalue weighted by molar-refractivity contribution is 5.83. The molecule has 0 spiro atoms. The quantitative estimate of drug-likeness (QED) is 0.827. The maximum absolute atomic E-state index is 13.3. The summed E-state index contributed by atoms with van der Waals surface area (Å²) in [6.45, 7) is 2.70. The summed E-state index contributed by atoms with van der Waals surface area (Å²) in [4.78, 5) is 16.4. The Morgan fingerprint density at radius 3 is 2.59 bits per heavy atom. The second-order valence-corrected chi connectivity index (χ2v) is 7.46. The van der Waals surface area contributed by atoms with Gasteiger partial charge in [-0.15, -0.1) is 0 Å². The molecule has 2 aromatic rings. The molecule has 2 aromatic carbocycles. The minimum Gasteiger partial charge on any atom is -0.366 e. The number of hydrogen-bond donors (Lipinski definition) is 0. The Morgan fingerprint density at radius 2 is 1.81 bits per heavy atom. The predicted octanol–water partition coefficient (Wildman–Crippen LogP) is 3.30. The fourth-order valence-corrected chi connectivity index (χ4v) is 3.85. The van der Waals surface area contributed by atoms with Crippen molar-refractivity contribution in [3.63, 3.8) is 0 Å². The van der Waals surface area contributed by atoms with Crippen LogP contribution in [0.5, 0.6) is 0 Å². The van der Waals surface area contributed by atoms with E-state index in [-0.39, 0.29) is 31.8 Å². The summed E-state index contributed by atoms with van der Waals surface area (Å²) in [5.41, 5.74) is 1.19. The molecule has 0 aromatic heterocycles. The van der Waals surface area contributed by atoms with Crippen LogP contribution >= 0.6 is 0 Å². The van der Waals surface area contributed by atoms with Crippen LogP contribution in [-0.4, -0.2) is 60.5 Å². The number of hydrogen-bond acceptors (Lipinski definition) is 3. The van der Waals surface area contributed by atoms with Crippen LogP contribution in [-0.2, 0) is 16.1 Å². The number of likely N-dealkylation sites (tertiary alicyclic amines) is 1. The van der Waals surface area contributed by atoms with E-state index in [1.807, 2.05) is 12.1 Å². The number of carbonyl (C=O) groups is 1. The Kier molecular flexibility index (Phi) is 5.10. The van der Waals surface area contributed by atoms with Crippen molar-refractivity contribution in [2.24, 2.45) is 0 Å². The van der Waals surface area contributed by atoms with E-state index in [0.717, 1.165) is 13.1 Å². The Labute approximate surface area is 157 Å². The van der Waals surface area contributed by atoms with Crippen LogP contribution in [0.3, 0.4) is 0 Å². The van der Waals surface area contributed by atoms with Crippen LogP contribution in [0.1, 0.15) is 18.4 Å². The Morgan fingerprint density at radius 1 is 1.07 bits per heavy atom. The third-order valence-electron chi connectivity index (χ3n) is 5.45. The molecule has 1 amide bonds. The van der Waals surface area contributed by atoms with Gasteiger partial charge >= 0.3 is 0 Å². The van der Waals surface area contributed by atoms with Crippen molar-refractivity contribution in [3.05, 3.63) is 48.0 Å². The van der Waals surface area contributed by atoms with Crippen molar-refractivity contribution in [1.82, 2.24) is 9.80 Å². The minimum absolute atomic E-state index is 0.108. The molecule has 0 bridgehead atoms. The van der Waals surface area contributed by atoms with Gasteiger partial charge in [0.2, 0.25) is 0 Å². The Bertz CT molecular complexity index is 817. The maximum Gasteiger partial charge on any atom is 0.253 e. The lowest BCUT2D eigenvalue weighted by Crippen LogP contribution is -2.53. The number of halogens is 2. The first-order valence-corrected chi connectivity index (χ1v) is 9.48. The van der Waals surface area contributed by atoms with Crippen molar-refractivity contribution >= 4 is 16.7 Å². The number of alkyl halides is 2. The molecular formula is C21H24F2N2O2. The first-order valence-electron chi connectivity index (χ1n) is 9.48. The monoisotopic (exact) mass is 374 g/mol. The smallest absolute Gasteiger partial charge is 0.253 e. The second kappa shape index (κ2) is 7.52. The van der Waals surface area contributed by atoms with Crippen LogP contribution in [0.2, 0.25) is 0 Å². The van der Waals surface area contributed by atoms with Crippen molar-refractivity contribution < 1.29 is 18.3 Å². The van der Waals surface area contributed by atoms with Gasteiger partial charge in [0.15, 0.2) is 0 Å². The van der Waals surface area contributed by atoms with Crippen molar-refractivity contribution in [3.8, 4) is 0 Å². The summed E-state index contributed by atoms with van der Waals surface area (Å²) < 4.78 is 32.3. The third-order valence-corrected chi connectivity index (χ3v) is 5.45. The van der Waals surface area contributed by atoms with E-state index in [9.17, 15) is 13.6 Å². The van der Waals surface area contributed by atoms with Gasteiger partial charge in [0, 0.05) is 45.6 Å². The predicted molar refractivity (Wildman–Crippen MR) is 99.7 cm³/mol. The highest BCUT2D eigenvalue weighted by atomic mass is 19.3. The zero-order valence-electron chi connectivity index (χ0n) is 15.2. The van der Waals surface area contributed by atoms with Crippen molar-refractivity contribution in [1.29, 1.82) is 0 Å². The summed E-state index contributed by atoms with van der Waals surface area (Å²) in [5.74, 6) is -2.81. The van der Waals surface area contributed by atoms with Gasteiger partial charge in [-0.2, -0.15) is 0 Å². The molecule has 2 aliphatic rings. The molecule has 0 saturated carbocycles. The molecule has 144 valence electrons. The fraction of sp³-hybridized carbons (Fsp3) is 0.476. The van der Waals surface area contributed by atoms with Crippen LogP contribution < -0.4 is 0 Å². The molecule has 0 N–H and O–H groups in total. The second-order valence-electron chi connectivity index (χ2n) is 7.46. The molecule has 1 atom stereocenters. The zero-order chi connectivity index (χ0) is 18.9. The van der Waals surface area contributed by atoms with Crippen molar-refractivity contribution in [2.45, 2.75) is 31.4 Å². The van der Waals surface area contributed by atoms with Crippen molar-refractivity contribution in [2.75, 3.05) is 32.8 Å². The molecule has 0 aliphatic carbocycles. The van der Waals surface area contributed by atoms with Gasteiger partial charge in [-0.05, 0) is 22.4 Å². The van der Waals surface area contributed by atoms with Gasteiger partial charge in [0.05, 0.1) is 6.61 Å². The lowest BCUT2D eigenvalue weighted by atomic mass is 10.1. The topological polar surface area (TPSA) is 32.8 Å². The zero-order valence-corrected chi connectivity index (χ0v) is 15.2. The fourth-order valence-electron chi connectivity index (χ4n) is 3.85. The highest BCUT2D eigenvalue weighted by Gasteiger charge is 2.38. The number of nitrogens with zero attached hydrogens (tertiary/aromatic N) is 2. The molecule has 2 saturated heterocycles. The van der Waals surface area contributed by atoms with Crippen LogP contribution in [0.15, 0.2) is 42.5 Å². The molecule has 4 rings (SSSR count). The Hall–Kier alpha value is -2.05. The number of piperidine rings is 1. The van der Waals surface area contributed by atoms with Gasteiger partial charge in [-0.1, -0.05) is 36.4 Å². The maximum atomic E-state index is 13.3. The largest absolute Gasteiger partial charge is 0.366 e. The normalized spacial score (nSPS) is 23.5. The van der Waals surface area contributed by atoms with Crippen LogP contribution in [0.4, 0.5) is 8.78 Å². The van der Waals surface area contributed by atoms with E-state index in [2.05, 4.69) is 35.2 Å². The molecule has 4 nitrogen and oxygen atoms in total. The summed E-state index contributed by atoms with van der Waals surface area (Å²) in [7, 11) is 0. The van der Waals surface area contributed by atoms with Gasteiger partial charge < -0.3 is 9.64 Å². The van der Waals surface area contributed by atoms with Crippen LogP contribution in [0.25, 0.3) is 10.8 Å². The number of carbonyl (C=O) groups excluding carboxylic acids is 1. The number of ether oxygens (including phenoxy) is 1. The van der Waals surface area contributed by atoms with Gasteiger partial charge in [0.1, 0.15) is 6.10 Å². The Balaban J connectivity index is 1.38. The van der Waals surface area contributed by atoms with E-state index in [4.69, 9.17) is 4.74 Å². The lowest BCUT2D eigenvalue weighted by molar-refractivity contribution is -0.155. The average molecular weight is 374 g/mol. The van der Waals surface area contributed by atoms with E-state index in [1.54, 1.807) is 0 Å². The molecule has 2 aliphatic heterocycles. The van der Waals surface area contributed by atoms with Gasteiger partial charge in [-0.25, -0.2) is 8.78 Å². The first kappa shape index (κ1) is 18.3. The average Bonchev–Trinajstić information content (AvgIpc) is 2.68. The molecular weight excluding hydrogens is 350 g/mol. The summed E-state index contributed by atoms with van der Waals surface area (Å²) in [5, 5.41) is 2.41. The van der Waals surface area contributed by atoms with Gasteiger partial charge in [-0.3, -0.25) is 9.69 Å². The van der Waals surface area contributed by atoms with E-state index in [1.165, 1.54) is 21.2 Å². The molecule has 27 heavy (non-hydrogen) atoms. The van der Waals surface area contributed by atoms with E-state index < -0.39 is 12.0 Å². The number of fused-ring (bicyclic) bond motifs is 1. The van der Waals surface area contributed by atoms with Gasteiger partial charge in [0.25, 0.3) is 11.8 Å². The SMILES string of the molecule is O=C(C1CN(Cc2ccc3ccccc3c2)CCO1)N1CCC(F)(F)CC1. The molecule has 2 heterocycles. The summed E-state index contributed by atoms with van der Waals surface area (Å²) in [6.07, 6.45) is -1.08. The minimum atomic E-state index is -2.65. The number of rotatable bonds is 3. The number of benzene rings is 2. The number of morpholine rings is 1. The van der Waals surface area contributed by atoms with E-state index >= 15 is 0 Å². The van der Waals surface area contributed by atoms with E-state index in [0.29, 0.717) is 13.2 Å². The molecule has 0 radical (unpaired) electrons. The standard InChI is InChI=1S/C21H24F2N2O2/c22-21(23)7-9-25(10-8-21)20(26)19-15-24(11-12-27-19)14-16-5-6-17-3-1-2-4-18(17)13-16/h1-6,13,19H,7-12,14-15H2. The third kappa shape index (κ3) is 4.28. The number of amides is 1.